The molecule has 2 atom stereocenters. The van der Waals surface area contributed by atoms with E-state index in [2.05, 4.69) is 58.5 Å². The van der Waals surface area contributed by atoms with Gasteiger partial charge in [0, 0.05) is 21.4 Å². The lowest BCUT2D eigenvalue weighted by atomic mass is 10.0. The zero-order chi connectivity index (χ0) is 14.1. The fourth-order valence-corrected chi connectivity index (χ4v) is 4.51. The largest absolute Gasteiger partial charge is 0.303 e. The zero-order valence-corrected chi connectivity index (χ0v) is 14.5. The molecule has 0 bridgehead atoms. The Bertz CT molecular complexity index is 593. The van der Waals surface area contributed by atoms with Crippen molar-refractivity contribution in [2.45, 2.75) is 38.3 Å². The van der Waals surface area contributed by atoms with Crippen molar-refractivity contribution in [3.63, 3.8) is 0 Å². The Balaban J connectivity index is 1.77. The highest BCUT2D eigenvalue weighted by molar-refractivity contribution is 9.10. The van der Waals surface area contributed by atoms with Crippen LogP contribution in [0.2, 0.25) is 4.34 Å². The van der Waals surface area contributed by atoms with E-state index in [9.17, 15) is 0 Å². The molecule has 106 valence electrons. The van der Waals surface area contributed by atoms with Crippen molar-refractivity contribution < 1.29 is 0 Å². The van der Waals surface area contributed by atoms with E-state index >= 15 is 0 Å². The molecule has 1 aromatic heterocycles. The summed E-state index contributed by atoms with van der Waals surface area (Å²) in [5.41, 5.74) is 2.76. The zero-order valence-electron chi connectivity index (χ0n) is 11.3. The minimum atomic E-state index is 0.401. The van der Waals surface area contributed by atoms with Crippen LogP contribution in [0.4, 0.5) is 0 Å². The van der Waals surface area contributed by atoms with Crippen LogP contribution in [0.3, 0.4) is 0 Å². The fraction of sp³-hybridized carbons (Fsp3) is 0.375. The third kappa shape index (κ3) is 2.96. The average Bonchev–Trinajstić information content (AvgIpc) is 2.97. The number of benzene rings is 1. The number of thiophene rings is 1. The molecule has 1 aliphatic rings. The summed E-state index contributed by atoms with van der Waals surface area (Å²) in [7, 11) is 0. The Morgan fingerprint density at radius 1 is 1.40 bits per heavy atom. The van der Waals surface area contributed by atoms with Gasteiger partial charge in [0.1, 0.15) is 0 Å². The molecule has 0 fully saturated rings. The second-order valence-corrected chi connectivity index (χ2v) is 7.88. The predicted octanol–water partition coefficient (Wildman–Crippen LogP) is 5.89. The molecule has 1 N–H and O–H groups in total. The van der Waals surface area contributed by atoms with Crippen molar-refractivity contribution in [3.8, 4) is 0 Å². The van der Waals surface area contributed by atoms with Crippen LogP contribution >= 0.6 is 38.9 Å². The maximum absolute atomic E-state index is 6.13. The number of fused-ring (bicyclic) bond motifs is 1. The number of hydrogen-bond acceptors (Lipinski definition) is 2. The predicted molar refractivity (Wildman–Crippen MR) is 90.7 cm³/mol. The number of nitrogens with one attached hydrogen (secondary N) is 1. The normalized spacial score (nSPS) is 19.1. The van der Waals surface area contributed by atoms with Gasteiger partial charge in [-0.05, 0) is 48.6 Å². The molecule has 0 amide bonds. The van der Waals surface area contributed by atoms with Crippen LogP contribution < -0.4 is 5.32 Å². The summed E-state index contributed by atoms with van der Waals surface area (Å²) in [6, 6.07) is 11.6. The molecule has 3 rings (SSSR count). The molecule has 1 aromatic carbocycles. The number of rotatable bonds is 4. The molecule has 1 nitrogen and oxygen atoms in total. The topological polar surface area (TPSA) is 12.0 Å². The summed E-state index contributed by atoms with van der Waals surface area (Å²) in [4.78, 5) is 1.46. The Morgan fingerprint density at radius 2 is 2.15 bits per heavy atom. The van der Waals surface area contributed by atoms with E-state index in [1.165, 1.54) is 22.4 Å². The van der Waals surface area contributed by atoms with Gasteiger partial charge in [-0.2, -0.15) is 0 Å². The van der Waals surface area contributed by atoms with Crippen molar-refractivity contribution in [1.82, 2.24) is 5.32 Å². The smallest absolute Gasteiger partial charge is 0.0934 e. The summed E-state index contributed by atoms with van der Waals surface area (Å²) in [5.74, 6) is 0. The van der Waals surface area contributed by atoms with E-state index in [1.807, 2.05) is 0 Å². The maximum Gasteiger partial charge on any atom is 0.0934 e. The molecule has 0 saturated carbocycles. The third-order valence-electron chi connectivity index (χ3n) is 3.93. The Kier molecular flexibility index (Phi) is 4.51. The highest BCUT2D eigenvalue weighted by Crippen LogP contribution is 2.40. The van der Waals surface area contributed by atoms with Crippen LogP contribution in [-0.2, 0) is 6.42 Å². The molecule has 4 heteroatoms. The molecular formula is C16H17BrClNS. The maximum atomic E-state index is 6.13. The Morgan fingerprint density at radius 3 is 2.85 bits per heavy atom. The van der Waals surface area contributed by atoms with Crippen LogP contribution in [0.15, 0.2) is 34.8 Å². The molecule has 20 heavy (non-hydrogen) atoms. The lowest BCUT2D eigenvalue weighted by molar-refractivity contribution is 0.433. The van der Waals surface area contributed by atoms with E-state index in [-0.39, 0.29) is 0 Å². The highest BCUT2D eigenvalue weighted by atomic mass is 79.9. The van der Waals surface area contributed by atoms with Crippen molar-refractivity contribution >= 4 is 38.9 Å². The van der Waals surface area contributed by atoms with E-state index in [0.29, 0.717) is 12.1 Å². The summed E-state index contributed by atoms with van der Waals surface area (Å²) in [5, 5.41) is 3.80. The monoisotopic (exact) mass is 369 g/mol. The minimum absolute atomic E-state index is 0.401. The van der Waals surface area contributed by atoms with Crippen molar-refractivity contribution in [1.29, 1.82) is 0 Å². The first-order valence-corrected chi connectivity index (χ1v) is 8.95. The van der Waals surface area contributed by atoms with Crippen LogP contribution in [-0.4, -0.2) is 0 Å². The van der Waals surface area contributed by atoms with Crippen molar-refractivity contribution in [2.24, 2.45) is 0 Å². The van der Waals surface area contributed by atoms with Gasteiger partial charge in [-0.25, -0.2) is 0 Å². The van der Waals surface area contributed by atoms with Crippen LogP contribution in [0.1, 0.15) is 47.9 Å². The van der Waals surface area contributed by atoms with Crippen LogP contribution in [0.25, 0.3) is 0 Å². The Labute approximate surface area is 137 Å². The number of aryl methyl sites for hydroxylation is 1. The van der Waals surface area contributed by atoms with E-state index < -0.39 is 0 Å². The first-order chi connectivity index (χ1) is 9.67. The van der Waals surface area contributed by atoms with Crippen LogP contribution in [0, 0.1) is 0 Å². The SMILES string of the molecule is CCC(NC1CCc2sc(Cl)cc21)c1ccc(Br)cc1. The summed E-state index contributed by atoms with van der Waals surface area (Å²) in [6.45, 7) is 2.23. The first kappa shape index (κ1) is 14.6. The summed E-state index contributed by atoms with van der Waals surface area (Å²) >= 11 is 11.4. The van der Waals surface area contributed by atoms with Gasteiger partial charge in [-0.3, -0.25) is 0 Å². The molecule has 0 saturated heterocycles. The third-order valence-corrected chi connectivity index (χ3v) is 5.80. The van der Waals surface area contributed by atoms with Gasteiger partial charge in [-0.15, -0.1) is 11.3 Å². The second kappa shape index (κ2) is 6.18. The van der Waals surface area contributed by atoms with Gasteiger partial charge in [0.15, 0.2) is 0 Å². The fourth-order valence-electron chi connectivity index (χ4n) is 2.89. The van der Waals surface area contributed by atoms with Gasteiger partial charge < -0.3 is 5.32 Å². The average molecular weight is 371 g/mol. The number of hydrogen-bond donors (Lipinski definition) is 1. The molecule has 2 aromatic rings. The van der Waals surface area contributed by atoms with Crippen molar-refractivity contribution in [3.05, 3.63) is 55.1 Å². The standard InChI is InChI=1S/C16H17BrClNS/c1-2-13(10-3-5-11(17)6-4-10)19-14-7-8-15-12(14)9-16(18)20-15/h3-6,9,13-14,19H,2,7-8H2,1H3. The van der Waals surface area contributed by atoms with E-state index in [4.69, 9.17) is 11.6 Å². The molecule has 0 aliphatic heterocycles. The highest BCUT2D eigenvalue weighted by Gasteiger charge is 2.26. The van der Waals surface area contributed by atoms with Gasteiger partial charge in [-0.1, -0.05) is 46.6 Å². The van der Waals surface area contributed by atoms with Crippen molar-refractivity contribution in [2.75, 3.05) is 0 Å². The van der Waals surface area contributed by atoms with Gasteiger partial charge in [0.25, 0.3) is 0 Å². The van der Waals surface area contributed by atoms with E-state index in [0.717, 1.165) is 21.7 Å². The molecule has 1 heterocycles. The molecule has 2 unspecified atom stereocenters. The first-order valence-electron chi connectivity index (χ1n) is 6.97. The molecule has 0 spiro atoms. The van der Waals surface area contributed by atoms with Gasteiger partial charge in [0.05, 0.1) is 4.34 Å². The lowest BCUT2D eigenvalue weighted by Crippen LogP contribution is -2.24. The van der Waals surface area contributed by atoms with Crippen LogP contribution in [0.5, 0.6) is 0 Å². The summed E-state index contributed by atoms with van der Waals surface area (Å²) < 4.78 is 2.04. The lowest BCUT2D eigenvalue weighted by Gasteiger charge is -2.22. The quantitative estimate of drug-likeness (QED) is 0.707. The molecule has 0 radical (unpaired) electrons. The second-order valence-electron chi connectivity index (χ2n) is 5.20. The molecule has 1 aliphatic carbocycles. The molecular weight excluding hydrogens is 354 g/mol. The Hall–Kier alpha value is -0.350. The van der Waals surface area contributed by atoms with Gasteiger partial charge in [0.2, 0.25) is 0 Å². The van der Waals surface area contributed by atoms with Gasteiger partial charge >= 0.3 is 0 Å². The summed E-state index contributed by atoms with van der Waals surface area (Å²) in [6.07, 6.45) is 3.43. The van der Waals surface area contributed by atoms with E-state index in [1.54, 1.807) is 11.3 Å². The number of halogens is 2. The minimum Gasteiger partial charge on any atom is -0.303 e.